The molecule has 1 N–H and O–H groups in total. The predicted molar refractivity (Wildman–Crippen MR) is 67.6 cm³/mol. The third-order valence-electron chi connectivity index (χ3n) is 3.73. The van der Waals surface area contributed by atoms with Gasteiger partial charge in [-0.25, -0.2) is 0 Å². The smallest absolute Gasteiger partial charge is 0.232 e. The Morgan fingerprint density at radius 3 is 3.06 bits per heavy atom. The van der Waals surface area contributed by atoms with Gasteiger partial charge in [-0.1, -0.05) is 24.8 Å². The minimum Gasteiger partial charge on any atom is -0.370 e. The van der Waals surface area contributed by atoms with Crippen LogP contribution in [0.1, 0.15) is 14.2 Å². The summed E-state index contributed by atoms with van der Waals surface area (Å²) >= 11 is 0. The summed E-state index contributed by atoms with van der Waals surface area (Å²) < 4.78 is 7.65. The first kappa shape index (κ1) is 9.28. The van der Waals surface area contributed by atoms with Crippen LogP contribution in [-0.4, -0.2) is 19.0 Å². The minimum atomic E-state index is -0.297. The summed E-state index contributed by atoms with van der Waals surface area (Å²) in [5.41, 5.74) is 1.57. The summed E-state index contributed by atoms with van der Waals surface area (Å²) in [6.07, 6.45) is 1.60. The van der Waals surface area contributed by atoms with E-state index in [1.807, 2.05) is 18.2 Å². The second-order valence-electron chi connectivity index (χ2n) is 4.95. The van der Waals surface area contributed by atoms with Crippen LogP contribution < -0.4 is 10.2 Å². The van der Waals surface area contributed by atoms with Crippen molar-refractivity contribution in [2.45, 2.75) is 12.8 Å². The van der Waals surface area contributed by atoms with Gasteiger partial charge in [-0.2, -0.15) is 0 Å². The van der Waals surface area contributed by atoms with Crippen LogP contribution in [0.25, 0.3) is 0 Å². The molecule has 3 nitrogen and oxygen atoms in total. The van der Waals surface area contributed by atoms with E-state index in [1.165, 1.54) is 0 Å². The molecule has 2 aliphatic heterocycles. The maximum atomic E-state index is 12.0. The lowest BCUT2D eigenvalue weighted by Gasteiger charge is -2.22. The fourth-order valence-corrected chi connectivity index (χ4v) is 2.83. The Morgan fingerprint density at radius 1 is 1.47 bits per heavy atom. The molecule has 0 radical (unpaired) electrons. The van der Waals surface area contributed by atoms with Crippen molar-refractivity contribution in [3.05, 3.63) is 42.6 Å². The van der Waals surface area contributed by atoms with Crippen molar-refractivity contribution in [3.8, 4) is 0 Å². The SMILES string of the molecule is [3H]c1cccc(N2CCC3(CC(=C)NC3=O)C2)c1. The Hall–Kier alpha value is -1.77. The van der Waals surface area contributed by atoms with Crippen LogP contribution in [-0.2, 0) is 4.79 Å². The van der Waals surface area contributed by atoms with Gasteiger partial charge in [-0.3, -0.25) is 4.79 Å². The summed E-state index contributed by atoms with van der Waals surface area (Å²) in [4.78, 5) is 14.2. The number of amides is 1. The van der Waals surface area contributed by atoms with Crippen LogP contribution in [0.5, 0.6) is 0 Å². The number of allylic oxidation sites excluding steroid dienone is 1. The quantitative estimate of drug-likeness (QED) is 0.799. The Bertz CT molecular complexity index is 528. The van der Waals surface area contributed by atoms with Gasteiger partial charge in [0.25, 0.3) is 0 Å². The molecule has 2 aliphatic rings. The predicted octanol–water partition coefficient (Wildman–Crippen LogP) is 1.92. The Balaban J connectivity index is 1.84. The highest BCUT2D eigenvalue weighted by molar-refractivity contribution is 5.88. The topological polar surface area (TPSA) is 32.3 Å². The summed E-state index contributed by atoms with van der Waals surface area (Å²) in [6.45, 7) is 5.44. The van der Waals surface area contributed by atoms with Crippen LogP contribution >= 0.6 is 0 Å². The van der Waals surface area contributed by atoms with Crippen LogP contribution in [0.4, 0.5) is 5.69 Å². The number of hydrogen-bond acceptors (Lipinski definition) is 2. The van der Waals surface area contributed by atoms with Crippen LogP contribution in [0.2, 0.25) is 0 Å². The molecule has 2 heterocycles. The number of anilines is 1. The summed E-state index contributed by atoms with van der Waals surface area (Å²) in [5, 5.41) is 2.84. The van der Waals surface area contributed by atoms with Gasteiger partial charge < -0.3 is 10.2 Å². The van der Waals surface area contributed by atoms with E-state index in [9.17, 15) is 4.79 Å². The van der Waals surface area contributed by atoms with Crippen LogP contribution in [0.3, 0.4) is 0 Å². The first-order chi connectivity index (χ1) is 8.59. The van der Waals surface area contributed by atoms with Gasteiger partial charge >= 0.3 is 0 Å². The zero-order valence-electron chi connectivity index (χ0n) is 10.7. The van der Waals surface area contributed by atoms with Crippen LogP contribution in [0.15, 0.2) is 42.6 Å². The van der Waals surface area contributed by atoms with E-state index in [1.54, 1.807) is 6.07 Å². The van der Waals surface area contributed by atoms with Gasteiger partial charge in [0, 0.05) is 30.9 Å². The summed E-state index contributed by atoms with van der Waals surface area (Å²) in [5.74, 6) is 0.108. The maximum absolute atomic E-state index is 12.0. The number of nitrogens with one attached hydrogen (secondary N) is 1. The zero-order chi connectivity index (χ0) is 12.8. The lowest BCUT2D eigenvalue weighted by Crippen LogP contribution is -2.34. The number of carbonyl (C=O) groups is 1. The lowest BCUT2D eigenvalue weighted by atomic mass is 9.85. The third-order valence-corrected chi connectivity index (χ3v) is 3.73. The molecule has 1 spiro atoms. The molecule has 3 heteroatoms. The summed E-state index contributed by atoms with van der Waals surface area (Å²) in [7, 11) is 0. The zero-order valence-corrected chi connectivity index (χ0v) is 9.70. The molecule has 1 amide bonds. The van der Waals surface area contributed by atoms with E-state index >= 15 is 0 Å². The van der Waals surface area contributed by atoms with Crippen molar-refractivity contribution in [1.29, 1.82) is 0 Å². The van der Waals surface area contributed by atoms with Gasteiger partial charge in [0.1, 0.15) is 0 Å². The molecule has 17 heavy (non-hydrogen) atoms. The Kier molecular flexibility index (Phi) is 1.98. The van der Waals surface area contributed by atoms with Crippen molar-refractivity contribution < 1.29 is 6.17 Å². The Morgan fingerprint density at radius 2 is 2.35 bits per heavy atom. The van der Waals surface area contributed by atoms with E-state index in [-0.39, 0.29) is 11.3 Å². The van der Waals surface area contributed by atoms with Crippen molar-refractivity contribution in [1.82, 2.24) is 5.32 Å². The largest absolute Gasteiger partial charge is 0.370 e. The van der Waals surface area contributed by atoms with Gasteiger partial charge in [0.2, 0.25) is 5.91 Å². The van der Waals surface area contributed by atoms with Crippen molar-refractivity contribution in [2.24, 2.45) is 5.41 Å². The second-order valence-corrected chi connectivity index (χ2v) is 4.95. The highest BCUT2D eigenvalue weighted by Crippen LogP contribution is 2.41. The summed E-state index contributed by atoms with van der Waals surface area (Å²) in [6, 6.07) is 8.00. The first-order valence-electron chi connectivity index (χ1n) is 6.40. The second kappa shape index (κ2) is 3.62. The number of carbonyl (C=O) groups excluding carboxylic acids is 1. The van der Waals surface area contributed by atoms with Gasteiger partial charge in [-0.15, -0.1) is 0 Å². The fraction of sp³-hybridized carbons (Fsp3) is 0.357. The maximum Gasteiger partial charge on any atom is 0.232 e. The molecule has 88 valence electrons. The third kappa shape index (κ3) is 1.62. The highest BCUT2D eigenvalue weighted by Gasteiger charge is 2.48. The number of nitrogens with zero attached hydrogens (tertiary/aromatic N) is 1. The van der Waals surface area contributed by atoms with Gasteiger partial charge in [0.15, 0.2) is 0 Å². The molecule has 2 fully saturated rings. The number of hydrogen-bond donors (Lipinski definition) is 1. The number of benzene rings is 1. The monoisotopic (exact) mass is 230 g/mol. The number of rotatable bonds is 1. The molecule has 1 unspecified atom stereocenters. The molecular weight excluding hydrogens is 212 g/mol. The fourth-order valence-electron chi connectivity index (χ4n) is 2.83. The van der Waals surface area contributed by atoms with E-state index in [2.05, 4.69) is 16.8 Å². The van der Waals surface area contributed by atoms with E-state index in [0.29, 0.717) is 6.04 Å². The van der Waals surface area contributed by atoms with Crippen molar-refractivity contribution in [2.75, 3.05) is 18.0 Å². The highest BCUT2D eigenvalue weighted by atomic mass is 16.2. The van der Waals surface area contributed by atoms with Gasteiger partial charge in [-0.05, 0) is 18.6 Å². The molecule has 0 saturated carbocycles. The van der Waals surface area contributed by atoms with Crippen molar-refractivity contribution in [3.63, 3.8) is 0 Å². The van der Waals surface area contributed by atoms with Gasteiger partial charge in [0.05, 0.1) is 6.79 Å². The molecule has 0 aromatic heterocycles. The minimum absolute atomic E-state index is 0.108. The average molecular weight is 230 g/mol. The first-order valence-corrected chi connectivity index (χ1v) is 5.90. The standard InChI is InChI=1S/C14H16N2O/c1-11-9-14(13(17)15-11)7-8-16(10-14)12-5-3-2-4-6-12/h2-6H,1,7-10H2,(H,15,17)/i3T. The van der Waals surface area contributed by atoms with Crippen molar-refractivity contribution >= 4 is 11.6 Å². The Labute approximate surface area is 103 Å². The molecule has 1 aromatic rings. The average Bonchev–Trinajstić information content (AvgIpc) is 2.85. The molecule has 1 atom stereocenters. The molecule has 1 aromatic carbocycles. The lowest BCUT2D eigenvalue weighted by molar-refractivity contribution is -0.126. The van der Waals surface area contributed by atoms with Crippen LogP contribution in [0, 0.1) is 5.41 Å². The molecule has 3 rings (SSSR count). The number of para-hydroxylation sites is 1. The molecule has 0 bridgehead atoms. The van der Waals surface area contributed by atoms with E-state index < -0.39 is 0 Å². The molecule has 2 saturated heterocycles. The normalized spacial score (nSPS) is 28.7. The molecular formula is C14H16N2O. The van der Waals surface area contributed by atoms with E-state index in [4.69, 9.17) is 1.37 Å². The molecule has 0 aliphatic carbocycles. The van der Waals surface area contributed by atoms with E-state index in [0.717, 1.165) is 37.3 Å².